The molecule has 1 aromatic heterocycles. The SMILES string of the molecule is CNCc1cnc(C)n1Cc1c(F)cccc1F. The number of aryl methyl sites for hydroxylation is 1. The van der Waals surface area contributed by atoms with Crippen LogP contribution >= 0.6 is 0 Å². The van der Waals surface area contributed by atoms with Crippen molar-refractivity contribution in [3.63, 3.8) is 0 Å². The Morgan fingerprint density at radius 3 is 2.56 bits per heavy atom. The summed E-state index contributed by atoms with van der Waals surface area (Å²) in [5, 5.41) is 3.00. The van der Waals surface area contributed by atoms with Crippen molar-refractivity contribution in [2.24, 2.45) is 0 Å². The van der Waals surface area contributed by atoms with Crippen LogP contribution in [-0.4, -0.2) is 16.6 Å². The summed E-state index contributed by atoms with van der Waals surface area (Å²) in [6.45, 7) is 2.58. The molecule has 0 atom stereocenters. The van der Waals surface area contributed by atoms with Crippen LogP contribution in [0.15, 0.2) is 24.4 Å². The van der Waals surface area contributed by atoms with Crippen LogP contribution in [0.3, 0.4) is 0 Å². The molecule has 96 valence electrons. The molecule has 0 amide bonds. The molecule has 0 aliphatic heterocycles. The Morgan fingerprint density at radius 2 is 1.94 bits per heavy atom. The predicted octanol–water partition coefficient (Wildman–Crippen LogP) is 2.24. The molecule has 0 unspecified atom stereocenters. The quantitative estimate of drug-likeness (QED) is 0.903. The topological polar surface area (TPSA) is 29.9 Å². The van der Waals surface area contributed by atoms with Gasteiger partial charge in [0.15, 0.2) is 0 Å². The Balaban J connectivity index is 2.36. The number of halogens is 2. The highest BCUT2D eigenvalue weighted by Crippen LogP contribution is 2.16. The first-order valence-electron chi connectivity index (χ1n) is 5.72. The van der Waals surface area contributed by atoms with Gasteiger partial charge in [0, 0.05) is 18.3 Å². The monoisotopic (exact) mass is 251 g/mol. The lowest BCUT2D eigenvalue weighted by atomic mass is 10.2. The van der Waals surface area contributed by atoms with Crippen molar-refractivity contribution in [3.8, 4) is 0 Å². The Labute approximate surface area is 104 Å². The maximum absolute atomic E-state index is 13.6. The van der Waals surface area contributed by atoms with E-state index in [1.165, 1.54) is 18.2 Å². The molecule has 18 heavy (non-hydrogen) atoms. The lowest BCUT2D eigenvalue weighted by Crippen LogP contribution is -2.14. The summed E-state index contributed by atoms with van der Waals surface area (Å²) >= 11 is 0. The number of nitrogens with zero attached hydrogens (tertiary/aromatic N) is 2. The molecule has 0 spiro atoms. The van der Waals surface area contributed by atoms with E-state index in [2.05, 4.69) is 10.3 Å². The Hall–Kier alpha value is -1.75. The number of benzene rings is 1. The van der Waals surface area contributed by atoms with Gasteiger partial charge in [-0.1, -0.05) is 6.07 Å². The van der Waals surface area contributed by atoms with E-state index in [1.807, 2.05) is 14.0 Å². The van der Waals surface area contributed by atoms with E-state index in [4.69, 9.17) is 0 Å². The number of nitrogens with one attached hydrogen (secondary N) is 1. The normalized spacial score (nSPS) is 10.9. The van der Waals surface area contributed by atoms with E-state index in [0.717, 1.165) is 11.5 Å². The molecular weight excluding hydrogens is 236 g/mol. The summed E-state index contributed by atoms with van der Waals surface area (Å²) in [6, 6.07) is 3.90. The first-order chi connectivity index (χ1) is 8.63. The number of hydrogen-bond acceptors (Lipinski definition) is 2. The van der Waals surface area contributed by atoms with Crippen molar-refractivity contribution in [1.82, 2.24) is 14.9 Å². The van der Waals surface area contributed by atoms with Gasteiger partial charge in [-0.25, -0.2) is 13.8 Å². The number of aromatic nitrogens is 2. The third kappa shape index (κ3) is 2.41. The Morgan fingerprint density at radius 1 is 1.28 bits per heavy atom. The molecule has 1 heterocycles. The van der Waals surface area contributed by atoms with Crippen LogP contribution in [0, 0.1) is 18.6 Å². The summed E-state index contributed by atoms with van der Waals surface area (Å²) in [5.74, 6) is -0.320. The molecule has 0 saturated heterocycles. The molecule has 0 aliphatic carbocycles. The smallest absolute Gasteiger partial charge is 0.131 e. The molecule has 2 rings (SSSR count). The van der Waals surface area contributed by atoms with Crippen LogP contribution in [0.4, 0.5) is 8.78 Å². The average Bonchev–Trinajstić information content (AvgIpc) is 2.66. The highest BCUT2D eigenvalue weighted by molar-refractivity contribution is 5.21. The zero-order valence-electron chi connectivity index (χ0n) is 10.4. The van der Waals surface area contributed by atoms with E-state index in [1.54, 1.807) is 10.8 Å². The Kier molecular flexibility index (Phi) is 3.72. The largest absolute Gasteiger partial charge is 0.326 e. The van der Waals surface area contributed by atoms with E-state index >= 15 is 0 Å². The van der Waals surface area contributed by atoms with Crippen LogP contribution in [0.25, 0.3) is 0 Å². The maximum atomic E-state index is 13.6. The number of rotatable bonds is 4. The Bertz CT molecular complexity index is 529. The summed E-state index contributed by atoms with van der Waals surface area (Å²) < 4.78 is 29.0. The van der Waals surface area contributed by atoms with Gasteiger partial charge in [-0.2, -0.15) is 0 Å². The number of hydrogen-bond donors (Lipinski definition) is 1. The lowest BCUT2D eigenvalue weighted by molar-refractivity contribution is 0.537. The van der Waals surface area contributed by atoms with Crippen LogP contribution in [0.5, 0.6) is 0 Å². The fraction of sp³-hybridized carbons (Fsp3) is 0.308. The van der Waals surface area contributed by atoms with Crippen molar-refractivity contribution < 1.29 is 8.78 Å². The van der Waals surface area contributed by atoms with Crippen LogP contribution in [0.1, 0.15) is 17.1 Å². The first-order valence-corrected chi connectivity index (χ1v) is 5.72. The van der Waals surface area contributed by atoms with E-state index in [9.17, 15) is 8.78 Å². The molecule has 0 bridgehead atoms. The second-order valence-electron chi connectivity index (χ2n) is 4.11. The highest BCUT2D eigenvalue weighted by atomic mass is 19.1. The second kappa shape index (κ2) is 5.27. The fourth-order valence-electron chi connectivity index (χ4n) is 1.89. The maximum Gasteiger partial charge on any atom is 0.131 e. The van der Waals surface area contributed by atoms with Crippen LogP contribution in [0.2, 0.25) is 0 Å². The third-order valence-electron chi connectivity index (χ3n) is 2.87. The van der Waals surface area contributed by atoms with Gasteiger partial charge in [0.25, 0.3) is 0 Å². The fourth-order valence-corrected chi connectivity index (χ4v) is 1.89. The predicted molar refractivity (Wildman–Crippen MR) is 65.2 cm³/mol. The molecule has 0 saturated carbocycles. The van der Waals surface area contributed by atoms with Crippen LogP contribution in [-0.2, 0) is 13.1 Å². The van der Waals surface area contributed by atoms with Crippen molar-refractivity contribution in [1.29, 1.82) is 0 Å². The van der Waals surface area contributed by atoms with Crippen molar-refractivity contribution in [2.75, 3.05) is 7.05 Å². The summed E-state index contributed by atoms with van der Waals surface area (Å²) in [4.78, 5) is 4.17. The minimum Gasteiger partial charge on any atom is -0.326 e. The van der Waals surface area contributed by atoms with Crippen LogP contribution < -0.4 is 5.32 Å². The standard InChI is InChI=1S/C13H15F2N3/c1-9-17-7-10(6-16-2)18(9)8-11-12(14)4-3-5-13(11)15/h3-5,7,16H,6,8H2,1-2H3. The molecule has 3 nitrogen and oxygen atoms in total. The molecule has 0 aliphatic rings. The zero-order valence-corrected chi connectivity index (χ0v) is 10.4. The van der Waals surface area contributed by atoms with Gasteiger partial charge in [0.2, 0.25) is 0 Å². The second-order valence-corrected chi connectivity index (χ2v) is 4.11. The lowest BCUT2D eigenvalue weighted by Gasteiger charge is -2.11. The first kappa shape index (κ1) is 12.7. The van der Waals surface area contributed by atoms with Crippen molar-refractivity contribution >= 4 is 0 Å². The number of imidazole rings is 1. The van der Waals surface area contributed by atoms with Crippen molar-refractivity contribution in [2.45, 2.75) is 20.0 Å². The van der Waals surface area contributed by atoms with Gasteiger partial charge in [0.05, 0.1) is 12.2 Å². The summed E-state index contributed by atoms with van der Waals surface area (Å²) in [7, 11) is 1.82. The summed E-state index contributed by atoms with van der Waals surface area (Å²) in [6.07, 6.45) is 1.71. The average molecular weight is 251 g/mol. The van der Waals surface area contributed by atoms with Gasteiger partial charge in [-0.15, -0.1) is 0 Å². The highest BCUT2D eigenvalue weighted by Gasteiger charge is 2.12. The van der Waals surface area contributed by atoms with E-state index < -0.39 is 11.6 Å². The molecule has 0 fully saturated rings. The zero-order chi connectivity index (χ0) is 13.1. The minimum atomic E-state index is -0.529. The van der Waals surface area contributed by atoms with Gasteiger partial charge >= 0.3 is 0 Å². The molecule has 1 aromatic carbocycles. The molecule has 5 heteroatoms. The van der Waals surface area contributed by atoms with E-state index in [-0.39, 0.29) is 12.1 Å². The molecular formula is C13H15F2N3. The van der Waals surface area contributed by atoms with Gasteiger partial charge in [-0.3, -0.25) is 0 Å². The van der Waals surface area contributed by atoms with Crippen molar-refractivity contribution in [3.05, 3.63) is 53.1 Å². The summed E-state index contributed by atoms with van der Waals surface area (Å²) in [5.41, 5.74) is 0.966. The molecule has 1 N–H and O–H groups in total. The van der Waals surface area contributed by atoms with Gasteiger partial charge in [-0.05, 0) is 26.1 Å². The minimum absolute atomic E-state index is 0.0657. The molecule has 0 radical (unpaired) electrons. The molecule has 2 aromatic rings. The van der Waals surface area contributed by atoms with Gasteiger partial charge < -0.3 is 9.88 Å². The van der Waals surface area contributed by atoms with E-state index in [0.29, 0.717) is 6.54 Å². The van der Waals surface area contributed by atoms with Gasteiger partial charge in [0.1, 0.15) is 17.5 Å². The third-order valence-corrected chi connectivity index (χ3v) is 2.87.